The topological polar surface area (TPSA) is 41.1 Å². The molecule has 0 unspecified atom stereocenters. The van der Waals surface area contributed by atoms with Crippen molar-refractivity contribution in [3.63, 3.8) is 0 Å². The Bertz CT molecular complexity index is 226. The van der Waals surface area contributed by atoms with Gasteiger partial charge in [-0.15, -0.1) is 0 Å². The first-order chi connectivity index (χ1) is 7.18. The molecule has 3 nitrogen and oxygen atoms in total. The molecule has 0 aliphatic heterocycles. The van der Waals surface area contributed by atoms with Crippen LogP contribution in [0.25, 0.3) is 0 Å². The molecule has 15 heavy (non-hydrogen) atoms. The van der Waals surface area contributed by atoms with Crippen molar-refractivity contribution < 1.29 is 4.79 Å². The quantitative estimate of drug-likeness (QED) is 0.543. The number of urea groups is 1. The molecule has 2 amide bonds. The highest BCUT2D eigenvalue weighted by Crippen LogP contribution is 2.17. The van der Waals surface area contributed by atoms with E-state index in [0.717, 1.165) is 25.8 Å². The zero-order chi connectivity index (χ0) is 11.1. The second kappa shape index (κ2) is 6.49. The maximum absolute atomic E-state index is 11.4. The van der Waals surface area contributed by atoms with Crippen molar-refractivity contribution in [2.45, 2.75) is 52.0 Å². The van der Waals surface area contributed by atoms with Gasteiger partial charge in [0.1, 0.15) is 0 Å². The van der Waals surface area contributed by atoms with Crippen LogP contribution in [-0.2, 0) is 0 Å². The zero-order valence-corrected chi connectivity index (χ0v) is 9.81. The molecule has 0 radical (unpaired) electrons. The van der Waals surface area contributed by atoms with Crippen molar-refractivity contribution in [1.82, 2.24) is 10.6 Å². The summed E-state index contributed by atoms with van der Waals surface area (Å²) in [6, 6.07) is 0.400. The Labute approximate surface area is 92.3 Å². The number of hydrogen-bond acceptors (Lipinski definition) is 1. The predicted molar refractivity (Wildman–Crippen MR) is 62.8 cm³/mol. The fourth-order valence-corrected chi connectivity index (χ4v) is 1.85. The molecular formula is C12H22N2O. The van der Waals surface area contributed by atoms with Crippen molar-refractivity contribution in [3.05, 3.63) is 11.6 Å². The van der Waals surface area contributed by atoms with Gasteiger partial charge in [0.15, 0.2) is 0 Å². The van der Waals surface area contributed by atoms with E-state index in [4.69, 9.17) is 0 Å². The van der Waals surface area contributed by atoms with Gasteiger partial charge in [-0.3, -0.25) is 0 Å². The van der Waals surface area contributed by atoms with Crippen LogP contribution in [-0.4, -0.2) is 18.6 Å². The van der Waals surface area contributed by atoms with Gasteiger partial charge in [0, 0.05) is 12.6 Å². The average Bonchev–Trinajstić information content (AvgIpc) is 2.64. The minimum absolute atomic E-state index is 0.0101. The Hall–Kier alpha value is -0.990. The van der Waals surface area contributed by atoms with Gasteiger partial charge in [0.05, 0.1) is 0 Å². The summed E-state index contributed by atoms with van der Waals surface area (Å²) in [5.41, 5.74) is 1.30. The molecule has 0 bridgehead atoms. The molecule has 3 heteroatoms. The van der Waals surface area contributed by atoms with Gasteiger partial charge in [0.25, 0.3) is 0 Å². The van der Waals surface area contributed by atoms with Gasteiger partial charge >= 0.3 is 6.03 Å². The standard InChI is InChI=1S/C12H22N2O/c1-10(2)6-5-9-13-12(15)14-11-7-3-4-8-11/h6,11H,3-5,7-9H2,1-2H3,(H2,13,14,15). The fourth-order valence-electron chi connectivity index (χ4n) is 1.85. The van der Waals surface area contributed by atoms with Gasteiger partial charge in [-0.05, 0) is 33.1 Å². The molecule has 1 saturated carbocycles. The van der Waals surface area contributed by atoms with E-state index >= 15 is 0 Å². The molecule has 0 saturated heterocycles. The lowest BCUT2D eigenvalue weighted by atomic mass is 10.2. The van der Waals surface area contributed by atoms with E-state index in [0.29, 0.717) is 6.04 Å². The molecule has 1 aliphatic rings. The summed E-state index contributed by atoms with van der Waals surface area (Å²) in [6.07, 6.45) is 7.84. The van der Waals surface area contributed by atoms with Crippen LogP contribution in [0.5, 0.6) is 0 Å². The van der Waals surface area contributed by atoms with Crippen LogP contribution >= 0.6 is 0 Å². The second-order valence-corrected chi connectivity index (χ2v) is 4.45. The average molecular weight is 210 g/mol. The van der Waals surface area contributed by atoms with Crippen molar-refractivity contribution in [2.75, 3.05) is 6.54 Å². The second-order valence-electron chi connectivity index (χ2n) is 4.45. The Morgan fingerprint density at radius 3 is 2.60 bits per heavy atom. The summed E-state index contributed by atoms with van der Waals surface area (Å²) >= 11 is 0. The van der Waals surface area contributed by atoms with E-state index in [1.807, 2.05) is 0 Å². The van der Waals surface area contributed by atoms with Crippen LogP contribution in [0.15, 0.2) is 11.6 Å². The number of carbonyl (C=O) groups excluding carboxylic acids is 1. The van der Waals surface area contributed by atoms with Crippen molar-refractivity contribution in [1.29, 1.82) is 0 Å². The number of allylic oxidation sites excluding steroid dienone is 1. The van der Waals surface area contributed by atoms with E-state index in [1.165, 1.54) is 18.4 Å². The monoisotopic (exact) mass is 210 g/mol. The molecule has 1 fully saturated rings. The molecule has 0 spiro atoms. The fraction of sp³-hybridized carbons (Fsp3) is 0.750. The van der Waals surface area contributed by atoms with Crippen LogP contribution < -0.4 is 10.6 Å². The molecule has 0 aromatic rings. The predicted octanol–water partition coefficient (Wildman–Crippen LogP) is 2.58. The molecule has 1 aliphatic carbocycles. The molecule has 0 aromatic carbocycles. The first kappa shape index (κ1) is 12.1. The van der Waals surface area contributed by atoms with Crippen LogP contribution in [0.2, 0.25) is 0 Å². The number of amides is 2. The van der Waals surface area contributed by atoms with Gasteiger partial charge in [-0.2, -0.15) is 0 Å². The number of nitrogens with one attached hydrogen (secondary N) is 2. The summed E-state index contributed by atoms with van der Waals surface area (Å²) in [5, 5.41) is 5.87. The molecule has 0 aromatic heterocycles. The molecular weight excluding hydrogens is 188 g/mol. The van der Waals surface area contributed by atoms with Crippen LogP contribution in [0, 0.1) is 0 Å². The molecule has 0 atom stereocenters. The van der Waals surface area contributed by atoms with Crippen LogP contribution in [0.4, 0.5) is 4.79 Å². The van der Waals surface area contributed by atoms with Gasteiger partial charge in [0.2, 0.25) is 0 Å². The van der Waals surface area contributed by atoms with Gasteiger partial charge in [-0.1, -0.05) is 24.5 Å². The highest BCUT2D eigenvalue weighted by Gasteiger charge is 2.16. The maximum Gasteiger partial charge on any atom is 0.315 e. The molecule has 2 N–H and O–H groups in total. The zero-order valence-electron chi connectivity index (χ0n) is 9.81. The van der Waals surface area contributed by atoms with E-state index in [1.54, 1.807) is 0 Å². The van der Waals surface area contributed by atoms with E-state index in [2.05, 4.69) is 30.6 Å². The summed E-state index contributed by atoms with van der Waals surface area (Å²) in [6.45, 7) is 4.86. The lowest BCUT2D eigenvalue weighted by Crippen LogP contribution is -2.41. The van der Waals surface area contributed by atoms with E-state index in [-0.39, 0.29) is 6.03 Å². The smallest absolute Gasteiger partial charge is 0.315 e. The SMILES string of the molecule is CC(C)=CCCNC(=O)NC1CCCC1. The van der Waals surface area contributed by atoms with E-state index in [9.17, 15) is 4.79 Å². The molecule has 0 heterocycles. The summed E-state index contributed by atoms with van der Waals surface area (Å²) in [4.78, 5) is 11.4. The van der Waals surface area contributed by atoms with E-state index < -0.39 is 0 Å². The minimum atomic E-state index is -0.0101. The summed E-state index contributed by atoms with van der Waals surface area (Å²) < 4.78 is 0. The third kappa shape index (κ3) is 5.45. The van der Waals surface area contributed by atoms with Crippen molar-refractivity contribution >= 4 is 6.03 Å². The highest BCUT2D eigenvalue weighted by atomic mass is 16.2. The largest absolute Gasteiger partial charge is 0.338 e. The lowest BCUT2D eigenvalue weighted by Gasteiger charge is -2.12. The van der Waals surface area contributed by atoms with Crippen molar-refractivity contribution in [2.24, 2.45) is 0 Å². The Morgan fingerprint density at radius 2 is 2.00 bits per heavy atom. The van der Waals surface area contributed by atoms with Crippen LogP contribution in [0.3, 0.4) is 0 Å². The van der Waals surface area contributed by atoms with Gasteiger partial charge in [-0.25, -0.2) is 4.79 Å². The summed E-state index contributed by atoms with van der Waals surface area (Å²) in [5.74, 6) is 0. The summed E-state index contributed by atoms with van der Waals surface area (Å²) in [7, 11) is 0. The third-order valence-electron chi connectivity index (χ3n) is 2.67. The molecule has 1 rings (SSSR count). The first-order valence-electron chi connectivity index (χ1n) is 5.86. The first-order valence-corrected chi connectivity index (χ1v) is 5.86. The Kier molecular flexibility index (Phi) is 5.22. The lowest BCUT2D eigenvalue weighted by molar-refractivity contribution is 0.237. The van der Waals surface area contributed by atoms with Crippen molar-refractivity contribution in [3.8, 4) is 0 Å². The molecule has 86 valence electrons. The Morgan fingerprint density at radius 1 is 1.33 bits per heavy atom. The normalized spacial score (nSPS) is 16.1. The Balaban J connectivity index is 2.05. The van der Waals surface area contributed by atoms with Crippen LogP contribution in [0.1, 0.15) is 46.0 Å². The number of rotatable bonds is 4. The highest BCUT2D eigenvalue weighted by molar-refractivity contribution is 5.74. The number of carbonyl (C=O) groups is 1. The minimum Gasteiger partial charge on any atom is -0.338 e. The third-order valence-corrected chi connectivity index (χ3v) is 2.67. The van der Waals surface area contributed by atoms with Gasteiger partial charge < -0.3 is 10.6 Å². The number of hydrogen-bond donors (Lipinski definition) is 2. The maximum atomic E-state index is 11.4.